The second kappa shape index (κ2) is 7.36. The Hall–Kier alpha value is -2.72. The average molecular weight is 414 g/mol. The fraction of sp³-hybridized carbons (Fsp3) is 0.278. The number of fused-ring (bicyclic) bond motifs is 1. The molecular weight excluding hydrogens is 394 g/mol. The van der Waals surface area contributed by atoms with E-state index >= 15 is 0 Å². The van der Waals surface area contributed by atoms with Crippen molar-refractivity contribution >= 4 is 39.1 Å². The highest BCUT2D eigenvalue weighted by molar-refractivity contribution is 7.99. The lowest BCUT2D eigenvalue weighted by Crippen LogP contribution is -2.04. The van der Waals surface area contributed by atoms with Crippen LogP contribution in [0.4, 0.5) is 5.82 Å². The van der Waals surface area contributed by atoms with Gasteiger partial charge in [0.25, 0.3) is 0 Å². The summed E-state index contributed by atoms with van der Waals surface area (Å²) >= 11 is 3.16. The van der Waals surface area contributed by atoms with E-state index in [1.54, 1.807) is 37.0 Å². The van der Waals surface area contributed by atoms with Crippen molar-refractivity contribution < 1.29 is 4.74 Å². The first-order valence-corrected chi connectivity index (χ1v) is 10.3. The number of thioether (sulfide) groups is 1. The van der Waals surface area contributed by atoms with E-state index < -0.39 is 0 Å². The first-order valence-electron chi connectivity index (χ1n) is 8.58. The molecule has 0 radical (unpaired) electrons. The third-order valence-electron chi connectivity index (χ3n) is 4.44. The van der Waals surface area contributed by atoms with Gasteiger partial charge in [-0.3, -0.25) is 4.57 Å². The van der Waals surface area contributed by atoms with Crippen molar-refractivity contribution in [3.63, 3.8) is 0 Å². The van der Waals surface area contributed by atoms with Gasteiger partial charge < -0.3 is 10.5 Å². The van der Waals surface area contributed by atoms with Gasteiger partial charge in [0.1, 0.15) is 22.8 Å². The van der Waals surface area contributed by atoms with Gasteiger partial charge in [-0.2, -0.15) is 0 Å². The summed E-state index contributed by atoms with van der Waals surface area (Å²) in [5.74, 6) is 1.76. The number of ether oxygens (including phenoxy) is 1. The van der Waals surface area contributed by atoms with E-state index in [2.05, 4.69) is 34.0 Å². The molecule has 144 valence electrons. The van der Waals surface area contributed by atoms with Crippen LogP contribution in [0.25, 0.3) is 15.9 Å². The van der Waals surface area contributed by atoms with Crippen LogP contribution in [0, 0.1) is 13.8 Å². The summed E-state index contributed by atoms with van der Waals surface area (Å²) in [4.78, 5) is 15.7. The van der Waals surface area contributed by atoms with Crippen LogP contribution in [0.5, 0.6) is 5.88 Å². The molecule has 0 saturated carbocycles. The zero-order valence-electron chi connectivity index (χ0n) is 15.9. The molecule has 4 aromatic rings. The first-order chi connectivity index (χ1) is 13.5. The molecule has 0 spiro atoms. The van der Waals surface area contributed by atoms with Crippen molar-refractivity contribution in [1.29, 1.82) is 0 Å². The van der Waals surface area contributed by atoms with Gasteiger partial charge in [-0.1, -0.05) is 11.8 Å². The van der Waals surface area contributed by atoms with E-state index in [1.165, 1.54) is 16.6 Å². The summed E-state index contributed by atoms with van der Waals surface area (Å²) in [6.45, 7) is 6.16. The monoisotopic (exact) mass is 413 g/mol. The average Bonchev–Trinajstić information content (AvgIpc) is 3.26. The van der Waals surface area contributed by atoms with Gasteiger partial charge in [0, 0.05) is 10.9 Å². The molecule has 2 N–H and O–H groups in total. The number of anilines is 1. The van der Waals surface area contributed by atoms with Crippen molar-refractivity contribution in [3.8, 4) is 11.6 Å². The van der Waals surface area contributed by atoms with Crippen molar-refractivity contribution in [2.24, 2.45) is 0 Å². The van der Waals surface area contributed by atoms with Crippen LogP contribution in [-0.2, 0) is 0 Å². The molecule has 8 nitrogen and oxygen atoms in total. The minimum Gasteiger partial charge on any atom is -0.481 e. The van der Waals surface area contributed by atoms with Crippen LogP contribution in [0.1, 0.15) is 28.4 Å². The van der Waals surface area contributed by atoms with Crippen molar-refractivity contribution in [2.45, 2.75) is 31.2 Å². The maximum atomic E-state index is 6.22. The van der Waals surface area contributed by atoms with Crippen LogP contribution >= 0.6 is 23.1 Å². The Morgan fingerprint density at radius 3 is 2.79 bits per heavy atom. The first kappa shape index (κ1) is 18.6. The zero-order valence-corrected chi connectivity index (χ0v) is 17.5. The van der Waals surface area contributed by atoms with Gasteiger partial charge in [0.15, 0.2) is 5.16 Å². The number of methoxy groups -OCH3 is 1. The number of aryl methyl sites for hydroxylation is 2. The third kappa shape index (κ3) is 3.29. The van der Waals surface area contributed by atoms with Gasteiger partial charge in [0.2, 0.25) is 5.88 Å². The Kier molecular flexibility index (Phi) is 4.90. The number of nitrogens with zero attached hydrogens (tertiary/aromatic N) is 6. The predicted molar refractivity (Wildman–Crippen MR) is 111 cm³/mol. The number of hydrogen-bond acceptors (Lipinski definition) is 9. The summed E-state index contributed by atoms with van der Waals surface area (Å²) in [5, 5.41) is 9.90. The number of thiophene rings is 1. The number of rotatable bonds is 5. The largest absolute Gasteiger partial charge is 0.481 e. The molecule has 28 heavy (non-hydrogen) atoms. The molecular formula is C18H19N7OS2. The molecule has 0 saturated heterocycles. The fourth-order valence-corrected chi connectivity index (χ4v) is 4.74. The van der Waals surface area contributed by atoms with Crippen molar-refractivity contribution in [3.05, 3.63) is 40.9 Å². The van der Waals surface area contributed by atoms with Crippen LogP contribution < -0.4 is 10.5 Å². The third-order valence-corrected chi connectivity index (χ3v) is 6.60. The lowest BCUT2D eigenvalue weighted by atomic mass is 10.2. The molecule has 4 rings (SSSR count). The normalized spacial score (nSPS) is 12.4. The molecule has 0 aliphatic heterocycles. The van der Waals surface area contributed by atoms with Gasteiger partial charge >= 0.3 is 0 Å². The standard InChI is InChI=1S/C18H19N7OS2/c1-9-10(2)27-17-14(9)15(19)22-16(23-17)11(3)28-18-24-21-8-25(18)12-5-6-13(26-4)20-7-12/h5-8,11H,1-4H3,(H2,19,22,23). The number of pyridine rings is 1. The zero-order chi connectivity index (χ0) is 19.8. The van der Waals surface area contributed by atoms with Gasteiger partial charge in [0.05, 0.1) is 29.6 Å². The maximum Gasteiger partial charge on any atom is 0.213 e. The van der Waals surface area contributed by atoms with Crippen molar-refractivity contribution in [2.75, 3.05) is 12.8 Å². The molecule has 1 atom stereocenters. The molecule has 0 bridgehead atoms. The highest BCUT2D eigenvalue weighted by atomic mass is 32.2. The van der Waals surface area contributed by atoms with E-state index in [0.717, 1.165) is 26.6 Å². The van der Waals surface area contributed by atoms with Crippen LogP contribution in [0.2, 0.25) is 0 Å². The fourth-order valence-electron chi connectivity index (χ4n) is 2.81. The molecule has 1 unspecified atom stereocenters. The lowest BCUT2D eigenvalue weighted by Gasteiger charge is -2.12. The van der Waals surface area contributed by atoms with Crippen molar-refractivity contribution in [1.82, 2.24) is 29.7 Å². The Morgan fingerprint density at radius 1 is 1.25 bits per heavy atom. The maximum absolute atomic E-state index is 6.22. The Labute approximate surface area is 170 Å². The van der Waals surface area contributed by atoms with E-state index in [1.807, 2.05) is 17.6 Å². The molecule has 4 heterocycles. The number of nitrogens with two attached hydrogens (primary N) is 1. The molecule has 0 aliphatic carbocycles. The Morgan fingerprint density at radius 2 is 2.07 bits per heavy atom. The molecule has 0 aliphatic rings. The molecule has 4 aromatic heterocycles. The number of aromatic nitrogens is 6. The molecule has 10 heteroatoms. The topological polar surface area (TPSA) is 105 Å². The number of nitrogen functional groups attached to an aromatic ring is 1. The molecule has 0 amide bonds. The van der Waals surface area contributed by atoms with Crippen LogP contribution in [-0.4, -0.2) is 36.8 Å². The van der Waals surface area contributed by atoms with Crippen LogP contribution in [0.3, 0.4) is 0 Å². The highest BCUT2D eigenvalue weighted by Gasteiger charge is 2.19. The summed E-state index contributed by atoms with van der Waals surface area (Å²) in [7, 11) is 1.59. The molecule has 0 aromatic carbocycles. The summed E-state index contributed by atoms with van der Waals surface area (Å²) < 4.78 is 6.98. The second-order valence-electron chi connectivity index (χ2n) is 6.23. The minimum atomic E-state index is -0.0523. The SMILES string of the molecule is COc1ccc(-n2cnnc2SC(C)c2nc(N)c3c(C)c(C)sc3n2)cn1. The second-order valence-corrected chi connectivity index (χ2v) is 8.74. The van der Waals surface area contributed by atoms with E-state index in [9.17, 15) is 0 Å². The van der Waals surface area contributed by atoms with E-state index in [4.69, 9.17) is 15.5 Å². The Bertz CT molecular complexity index is 1140. The summed E-state index contributed by atoms with van der Waals surface area (Å²) in [6.07, 6.45) is 3.37. The van der Waals surface area contributed by atoms with Gasteiger partial charge in [-0.15, -0.1) is 21.5 Å². The predicted octanol–water partition coefficient (Wildman–Crippen LogP) is 3.73. The van der Waals surface area contributed by atoms with E-state index in [0.29, 0.717) is 17.5 Å². The van der Waals surface area contributed by atoms with Crippen LogP contribution in [0.15, 0.2) is 29.8 Å². The highest BCUT2D eigenvalue weighted by Crippen LogP contribution is 2.37. The van der Waals surface area contributed by atoms with Gasteiger partial charge in [-0.25, -0.2) is 15.0 Å². The quantitative estimate of drug-likeness (QED) is 0.494. The smallest absolute Gasteiger partial charge is 0.213 e. The minimum absolute atomic E-state index is 0.0523. The Balaban J connectivity index is 1.63. The summed E-state index contributed by atoms with van der Waals surface area (Å²) in [5.41, 5.74) is 8.22. The molecule has 0 fully saturated rings. The number of hydrogen-bond donors (Lipinski definition) is 1. The lowest BCUT2D eigenvalue weighted by molar-refractivity contribution is 0.397. The van der Waals surface area contributed by atoms with Gasteiger partial charge in [-0.05, 0) is 32.4 Å². The van der Waals surface area contributed by atoms with E-state index in [-0.39, 0.29) is 5.25 Å². The summed E-state index contributed by atoms with van der Waals surface area (Å²) in [6, 6.07) is 3.70.